The van der Waals surface area contributed by atoms with Gasteiger partial charge in [-0.15, -0.1) is 0 Å². The van der Waals surface area contributed by atoms with Gasteiger partial charge in [0.1, 0.15) is 0 Å². The second-order valence-corrected chi connectivity index (χ2v) is 6.10. The van der Waals surface area contributed by atoms with E-state index >= 15 is 0 Å². The van der Waals surface area contributed by atoms with E-state index in [0.29, 0.717) is 6.61 Å². The number of unbranched alkanes of at least 4 members (excludes halogenated alkanes) is 10. The molecule has 0 spiro atoms. The third-order valence-electron chi connectivity index (χ3n) is 3.85. The molecule has 2 N–H and O–H groups in total. The third-order valence-corrected chi connectivity index (χ3v) is 3.85. The Balaban J connectivity index is 3.19. The van der Waals surface area contributed by atoms with E-state index in [1.807, 2.05) is 0 Å². The van der Waals surface area contributed by atoms with Crippen molar-refractivity contribution < 1.29 is 19.7 Å². The zero-order chi connectivity index (χ0) is 17.2. The number of ether oxygens (including phenoxy) is 1. The average molecular weight is 328 g/mol. The van der Waals surface area contributed by atoms with E-state index in [2.05, 4.69) is 19.1 Å². The Morgan fingerprint density at radius 1 is 0.913 bits per heavy atom. The lowest BCUT2D eigenvalue weighted by molar-refractivity contribution is -0.155. The molecule has 23 heavy (non-hydrogen) atoms. The molecule has 4 nitrogen and oxygen atoms in total. The molecule has 0 aromatic carbocycles. The summed E-state index contributed by atoms with van der Waals surface area (Å²) in [4.78, 5) is 11.1. The molecule has 0 amide bonds. The van der Waals surface area contributed by atoms with Gasteiger partial charge in [0.15, 0.2) is 6.10 Å². The highest BCUT2D eigenvalue weighted by atomic mass is 16.5. The monoisotopic (exact) mass is 328 g/mol. The number of rotatable bonds is 16. The highest BCUT2D eigenvalue weighted by molar-refractivity contribution is 5.74. The molecular formula is C19H36O4. The van der Waals surface area contributed by atoms with E-state index in [0.717, 1.165) is 19.3 Å². The summed E-state index contributed by atoms with van der Waals surface area (Å²) in [6.45, 7) is 1.99. The predicted octanol–water partition coefficient (Wildman–Crippen LogP) is 4.14. The third kappa shape index (κ3) is 15.8. The molecule has 0 radical (unpaired) electrons. The molecule has 136 valence electrons. The highest BCUT2D eigenvalue weighted by Gasteiger charge is 2.14. The smallest absolute Gasteiger partial charge is 0.337 e. The number of aliphatic hydroxyl groups is 2. The lowest BCUT2D eigenvalue weighted by Gasteiger charge is -2.07. The van der Waals surface area contributed by atoms with Gasteiger partial charge in [0.2, 0.25) is 0 Å². The SMILES string of the molecule is CCCCCC/C=C\CCCCCCCCOC(=O)[C@H](O)CO. The summed E-state index contributed by atoms with van der Waals surface area (Å²) >= 11 is 0. The largest absolute Gasteiger partial charge is 0.464 e. The van der Waals surface area contributed by atoms with E-state index in [1.54, 1.807) is 0 Å². The molecule has 0 fully saturated rings. The fourth-order valence-electron chi connectivity index (χ4n) is 2.34. The van der Waals surface area contributed by atoms with Crippen molar-refractivity contribution in [2.45, 2.75) is 90.1 Å². The van der Waals surface area contributed by atoms with Gasteiger partial charge in [-0.2, -0.15) is 0 Å². The topological polar surface area (TPSA) is 66.8 Å². The van der Waals surface area contributed by atoms with Gasteiger partial charge in [-0.3, -0.25) is 0 Å². The molecule has 0 saturated carbocycles. The Labute approximate surface area is 141 Å². The van der Waals surface area contributed by atoms with Gasteiger partial charge in [0.25, 0.3) is 0 Å². The first-order chi connectivity index (χ1) is 11.2. The van der Waals surface area contributed by atoms with Crippen LogP contribution in [0.3, 0.4) is 0 Å². The average Bonchev–Trinajstić information content (AvgIpc) is 2.57. The highest BCUT2D eigenvalue weighted by Crippen LogP contribution is 2.09. The maximum Gasteiger partial charge on any atom is 0.337 e. The number of allylic oxidation sites excluding steroid dienone is 2. The summed E-state index contributed by atoms with van der Waals surface area (Å²) in [6, 6.07) is 0. The first-order valence-electron chi connectivity index (χ1n) is 9.33. The van der Waals surface area contributed by atoms with Crippen LogP contribution in [0.25, 0.3) is 0 Å². The van der Waals surface area contributed by atoms with Crippen molar-refractivity contribution >= 4 is 5.97 Å². The fourth-order valence-corrected chi connectivity index (χ4v) is 2.34. The molecule has 0 unspecified atom stereocenters. The van der Waals surface area contributed by atoms with Crippen LogP contribution in [-0.2, 0) is 9.53 Å². The Kier molecular flexibility index (Phi) is 16.8. The fraction of sp³-hybridized carbons (Fsp3) is 0.842. The zero-order valence-electron chi connectivity index (χ0n) is 14.8. The van der Waals surface area contributed by atoms with Crippen molar-refractivity contribution in [1.29, 1.82) is 0 Å². The van der Waals surface area contributed by atoms with Gasteiger partial charge in [0.05, 0.1) is 13.2 Å². The Hall–Kier alpha value is -0.870. The predicted molar refractivity (Wildman–Crippen MR) is 94.3 cm³/mol. The Bertz CT molecular complexity index is 289. The minimum atomic E-state index is -1.39. The van der Waals surface area contributed by atoms with Gasteiger partial charge >= 0.3 is 5.97 Å². The molecule has 0 aromatic rings. The van der Waals surface area contributed by atoms with Crippen molar-refractivity contribution in [3.63, 3.8) is 0 Å². The Morgan fingerprint density at radius 2 is 1.43 bits per heavy atom. The summed E-state index contributed by atoms with van der Waals surface area (Å²) in [5.41, 5.74) is 0. The van der Waals surface area contributed by atoms with Crippen molar-refractivity contribution in [1.82, 2.24) is 0 Å². The molecular weight excluding hydrogens is 292 g/mol. The number of hydrogen-bond acceptors (Lipinski definition) is 4. The van der Waals surface area contributed by atoms with Crippen LogP contribution in [-0.4, -0.2) is 35.5 Å². The molecule has 0 aromatic heterocycles. The van der Waals surface area contributed by atoms with Crippen molar-refractivity contribution in [3.8, 4) is 0 Å². The normalized spacial score (nSPS) is 12.7. The van der Waals surface area contributed by atoms with Crippen molar-refractivity contribution in [3.05, 3.63) is 12.2 Å². The molecule has 0 heterocycles. The van der Waals surface area contributed by atoms with Crippen LogP contribution in [0.5, 0.6) is 0 Å². The minimum absolute atomic E-state index is 0.330. The number of carbonyl (C=O) groups excluding carboxylic acids is 1. The van der Waals surface area contributed by atoms with E-state index < -0.39 is 18.7 Å². The molecule has 1 atom stereocenters. The van der Waals surface area contributed by atoms with Crippen LogP contribution in [0.15, 0.2) is 12.2 Å². The molecule has 0 aliphatic carbocycles. The van der Waals surface area contributed by atoms with E-state index in [9.17, 15) is 4.79 Å². The number of esters is 1. The van der Waals surface area contributed by atoms with Gasteiger partial charge in [0, 0.05) is 0 Å². The minimum Gasteiger partial charge on any atom is -0.464 e. The second-order valence-electron chi connectivity index (χ2n) is 6.10. The lowest BCUT2D eigenvalue weighted by atomic mass is 10.1. The summed E-state index contributed by atoms with van der Waals surface area (Å²) in [6.07, 6.45) is 17.7. The second kappa shape index (κ2) is 17.5. The summed E-state index contributed by atoms with van der Waals surface area (Å²) < 4.78 is 4.84. The van der Waals surface area contributed by atoms with E-state index in [4.69, 9.17) is 14.9 Å². The number of hydrogen-bond donors (Lipinski definition) is 2. The van der Waals surface area contributed by atoms with Crippen LogP contribution < -0.4 is 0 Å². The first-order valence-corrected chi connectivity index (χ1v) is 9.33. The lowest BCUT2D eigenvalue weighted by Crippen LogP contribution is -2.26. The molecule has 0 aliphatic heterocycles. The van der Waals surface area contributed by atoms with Gasteiger partial charge < -0.3 is 14.9 Å². The number of carbonyl (C=O) groups is 1. The summed E-state index contributed by atoms with van der Waals surface area (Å²) in [5, 5.41) is 17.6. The maximum absolute atomic E-state index is 11.1. The van der Waals surface area contributed by atoms with Crippen molar-refractivity contribution in [2.75, 3.05) is 13.2 Å². The van der Waals surface area contributed by atoms with Crippen LogP contribution in [0, 0.1) is 0 Å². The summed E-state index contributed by atoms with van der Waals surface area (Å²) in [5.74, 6) is -0.728. The van der Waals surface area contributed by atoms with Crippen LogP contribution in [0.1, 0.15) is 84.0 Å². The van der Waals surface area contributed by atoms with Crippen LogP contribution in [0.4, 0.5) is 0 Å². The van der Waals surface area contributed by atoms with E-state index in [1.165, 1.54) is 57.8 Å². The standard InChI is InChI=1S/C19H36O4/c1-2-3-4-5-6-7-8-9-10-11-12-13-14-15-16-23-19(22)18(21)17-20/h7-8,18,20-21H,2-6,9-17H2,1H3/b8-7-/t18-/m1/s1. The Morgan fingerprint density at radius 3 is 2.00 bits per heavy atom. The quantitative estimate of drug-likeness (QED) is 0.254. The van der Waals surface area contributed by atoms with E-state index in [-0.39, 0.29) is 0 Å². The summed E-state index contributed by atoms with van der Waals surface area (Å²) in [7, 11) is 0. The molecule has 0 bridgehead atoms. The van der Waals surface area contributed by atoms with Gasteiger partial charge in [-0.25, -0.2) is 4.79 Å². The molecule has 0 saturated heterocycles. The van der Waals surface area contributed by atoms with Crippen molar-refractivity contribution in [2.24, 2.45) is 0 Å². The molecule has 0 rings (SSSR count). The van der Waals surface area contributed by atoms with Crippen LogP contribution in [0.2, 0.25) is 0 Å². The zero-order valence-corrected chi connectivity index (χ0v) is 14.8. The van der Waals surface area contributed by atoms with Gasteiger partial charge in [-0.1, -0.05) is 64.0 Å². The molecule has 4 heteroatoms. The van der Waals surface area contributed by atoms with Crippen LogP contribution >= 0.6 is 0 Å². The van der Waals surface area contributed by atoms with Gasteiger partial charge in [-0.05, 0) is 32.1 Å². The first kappa shape index (κ1) is 22.1. The number of aliphatic hydroxyl groups excluding tert-OH is 2. The maximum atomic E-state index is 11.1. The molecule has 0 aliphatic rings.